The second-order valence-corrected chi connectivity index (χ2v) is 4.37. The van der Waals surface area contributed by atoms with Gasteiger partial charge in [0.2, 0.25) is 0 Å². The quantitative estimate of drug-likeness (QED) is 0.654. The smallest absolute Gasteiger partial charge is 0.0228 e. The number of benzene rings is 1. The van der Waals surface area contributed by atoms with E-state index in [9.17, 15) is 0 Å². The number of rotatable bonds is 3. The van der Waals surface area contributed by atoms with Crippen LogP contribution in [0.15, 0.2) is 35.9 Å². The van der Waals surface area contributed by atoms with Crippen LogP contribution in [0, 0.1) is 5.92 Å². The van der Waals surface area contributed by atoms with Crippen LogP contribution in [0.3, 0.4) is 0 Å². The van der Waals surface area contributed by atoms with Gasteiger partial charge < -0.3 is 0 Å². The Morgan fingerprint density at radius 3 is 2.14 bits per heavy atom. The molecule has 0 saturated carbocycles. The summed E-state index contributed by atoms with van der Waals surface area (Å²) in [6.07, 6.45) is 1.20. The van der Waals surface area contributed by atoms with Gasteiger partial charge in [0.15, 0.2) is 0 Å². The van der Waals surface area contributed by atoms with Crippen LogP contribution < -0.4 is 0 Å². The molecule has 0 atom stereocenters. The van der Waals surface area contributed by atoms with Crippen molar-refractivity contribution in [3.63, 3.8) is 0 Å². The van der Waals surface area contributed by atoms with Crippen molar-refractivity contribution in [3.8, 4) is 0 Å². The molecule has 0 saturated heterocycles. The molecule has 0 bridgehead atoms. The zero-order valence-corrected chi connectivity index (χ0v) is 9.67. The van der Waals surface area contributed by atoms with Crippen molar-refractivity contribution in [2.45, 2.75) is 34.1 Å². The van der Waals surface area contributed by atoms with Gasteiger partial charge in [-0.05, 0) is 37.3 Å². The van der Waals surface area contributed by atoms with Gasteiger partial charge >= 0.3 is 0 Å². The van der Waals surface area contributed by atoms with Gasteiger partial charge in [0.05, 0.1) is 0 Å². The topological polar surface area (TPSA) is 0 Å². The summed E-state index contributed by atoms with van der Waals surface area (Å²) in [7, 11) is 0. The Kier molecular flexibility index (Phi) is 3.94. The molecule has 0 heterocycles. The first-order valence-electron chi connectivity index (χ1n) is 5.33. The predicted molar refractivity (Wildman–Crippen MR) is 64.2 cm³/mol. The summed E-state index contributed by atoms with van der Waals surface area (Å²) < 4.78 is 0. The van der Waals surface area contributed by atoms with Gasteiger partial charge in [-0.1, -0.05) is 49.8 Å². The monoisotopic (exact) mass is 188 g/mol. The molecule has 0 unspecified atom stereocenters. The van der Waals surface area contributed by atoms with E-state index in [1.54, 1.807) is 0 Å². The number of hydrogen-bond acceptors (Lipinski definition) is 0. The van der Waals surface area contributed by atoms with Crippen LogP contribution in [0.1, 0.15) is 39.7 Å². The lowest BCUT2D eigenvalue weighted by Gasteiger charge is -2.10. The third kappa shape index (κ3) is 3.02. The van der Waals surface area contributed by atoms with Crippen molar-refractivity contribution >= 4 is 5.57 Å². The van der Waals surface area contributed by atoms with E-state index >= 15 is 0 Å². The van der Waals surface area contributed by atoms with Gasteiger partial charge in [-0.15, -0.1) is 0 Å². The minimum Gasteiger partial charge on any atom is -0.0695 e. The summed E-state index contributed by atoms with van der Waals surface area (Å²) in [5, 5.41) is 0. The lowest BCUT2D eigenvalue weighted by molar-refractivity contribution is 0.643. The summed E-state index contributed by atoms with van der Waals surface area (Å²) in [5.41, 5.74) is 4.29. The summed E-state index contributed by atoms with van der Waals surface area (Å²) in [6, 6.07) is 10.6. The standard InChI is InChI=1S/C14H20/c1-11(2)10-12(3)13(4)14-8-6-5-7-9-14/h5-9,11H,10H2,1-4H3/b13-12+. The predicted octanol–water partition coefficient (Wildman–Crippen LogP) is 4.53. The minimum atomic E-state index is 0.744. The van der Waals surface area contributed by atoms with Gasteiger partial charge in [0.25, 0.3) is 0 Å². The van der Waals surface area contributed by atoms with E-state index in [0.717, 1.165) is 5.92 Å². The lowest BCUT2D eigenvalue weighted by atomic mass is 9.96. The van der Waals surface area contributed by atoms with Gasteiger partial charge in [-0.25, -0.2) is 0 Å². The Balaban J connectivity index is 2.87. The highest BCUT2D eigenvalue weighted by Gasteiger charge is 2.01. The Labute approximate surface area is 87.7 Å². The average molecular weight is 188 g/mol. The molecule has 0 spiro atoms. The summed E-state index contributed by atoms with van der Waals surface area (Å²) in [5.74, 6) is 0.744. The first kappa shape index (κ1) is 11.0. The van der Waals surface area contributed by atoms with Crippen LogP contribution in [-0.2, 0) is 0 Å². The highest BCUT2D eigenvalue weighted by atomic mass is 14.1. The van der Waals surface area contributed by atoms with Crippen molar-refractivity contribution in [3.05, 3.63) is 41.5 Å². The molecule has 1 aromatic carbocycles. The fourth-order valence-corrected chi connectivity index (χ4v) is 1.70. The van der Waals surface area contributed by atoms with E-state index in [0.29, 0.717) is 0 Å². The fraction of sp³-hybridized carbons (Fsp3) is 0.429. The number of hydrogen-bond donors (Lipinski definition) is 0. The second-order valence-electron chi connectivity index (χ2n) is 4.37. The molecule has 0 amide bonds. The van der Waals surface area contributed by atoms with Crippen molar-refractivity contribution in [2.75, 3.05) is 0 Å². The molecule has 1 rings (SSSR count). The molecule has 0 aromatic heterocycles. The van der Waals surface area contributed by atoms with Crippen LogP contribution >= 0.6 is 0 Å². The highest BCUT2D eigenvalue weighted by molar-refractivity contribution is 5.66. The maximum Gasteiger partial charge on any atom is -0.0228 e. The molecule has 0 nitrogen and oxygen atoms in total. The van der Waals surface area contributed by atoms with E-state index in [4.69, 9.17) is 0 Å². The third-order valence-corrected chi connectivity index (χ3v) is 2.56. The van der Waals surface area contributed by atoms with Gasteiger partial charge in [0.1, 0.15) is 0 Å². The molecule has 0 aliphatic heterocycles. The molecule has 76 valence electrons. The van der Waals surface area contributed by atoms with Crippen LogP contribution in [0.5, 0.6) is 0 Å². The summed E-state index contributed by atoms with van der Waals surface area (Å²) in [6.45, 7) is 8.99. The molecule has 0 fully saturated rings. The van der Waals surface area contributed by atoms with Crippen LogP contribution in [0.25, 0.3) is 5.57 Å². The molecular formula is C14H20. The van der Waals surface area contributed by atoms with Crippen LogP contribution in [0.2, 0.25) is 0 Å². The average Bonchev–Trinajstić information content (AvgIpc) is 2.17. The molecule has 0 radical (unpaired) electrons. The molecule has 14 heavy (non-hydrogen) atoms. The van der Waals surface area contributed by atoms with Gasteiger partial charge in [-0.3, -0.25) is 0 Å². The second kappa shape index (κ2) is 4.99. The van der Waals surface area contributed by atoms with Crippen LogP contribution in [-0.4, -0.2) is 0 Å². The maximum atomic E-state index is 2.27. The SMILES string of the molecule is C/C(CC(C)C)=C(/C)c1ccccc1. The lowest BCUT2D eigenvalue weighted by Crippen LogP contribution is -1.91. The molecule has 0 aliphatic carbocycles. The molecule has 0 aliphatic rings. The van der Waals surface area contributed by atoms with Crippen molar-refractivity contribution in [1.82, 2.24) is 0 Å². The zero-order chi connectivity index (χ0) is 10.6. The first-order valence-corrected chi connectivity index (χ1v) is 5.33. The van der Waals surface area contributed by atoms with Gasteiger partial charge in [0, 0.05) is 0 Å². The van der Waals surface area contributed by atoms with E-state index in [-0.39, 0.29) is 0 Å². The minimum absolute atomic E-state index is 0.744. The maximum absolute atomic E-state index is 2.27. The zero-order valence-electron chi connectivity index (χ0n) is 9.67. The van der Waals surface area contributed by atoms with Gasteiger partial charge in [-0.2, -0.15) is 0 Å². The fourth-order valence-electron chi connectivity index (χ4n) is 1.70. The Bertz CT molecular complexity index is 304. The first-order chi connectivity index (χ1) is 6.61. The Hall–Kier alpha value is -1.04. The van der Waals surface area contributed by atoms with E-state index < -0.39 is 0 Å². The van der Waals surface area contributed by atoms with E-state index in [2.05, 4.69) is 58.0 Å². The van der Waals surface area contributed by atoms with Crippen LogP contribution in [0.4, 0.5) is 0 Å². The molecule has 0 N–H and O–H groups in total. The Morgan fingerprint density at radius 2 is 1.64 bits per heavy atom. The molecule has 0 heteroatoms. The van der Waals surface area contributed by atoms with Crippen molar-refractivity contribution in [1.29, 1.82) is 0 Å². The Morgan fingerprint density at radius 1 is 1.07 bits per heavy atom. The van der Waals surface area contributed by atoms with Crippen molar-refractivity contribution < 1.29 is 0 Å². The summed E-state index contributed by atoms with van der Waals surface area (Å²) in [4.78, 5) is 0. The van der Waals surface area contributed by atoms with Crippen molar-refractivity contribution in [2.24, 2.45) is 5.92 Å². The molecular weight excluding hydrogens is 168 g/mol. The normalized spacial score (nSPS) is 12.9. The van der Waals surface area contributed by atoms with E-state index in [1.165, 1.54) is 23.1 Å². The molecule has 1 aromatic rings. The largest absolute Gasteiger partial charge is 0.0695 e. The third-order valence-electron chi connectivity index (χ3n) is 2.56. The summed E-state index contributed by atoms with van der Waals surface area (Å²) >= 11 is 0. The highest BCUT2D eigenvalue weighted by Crippen LogP contribution is 2.22. The van der Waals surface area contributed by atoms with E-state index in [1.807, 2.05) is 0 Å². The number of allylic oxidation sites excluding steroid dienone is 2.